The smallest absolute Gasteiger partial charge is 0.129 e. The molecule has 0 saturated carbocycles. The summed E-state index contributed by atoms with van der Waals surface area (Å²) >= 11 is 5.74. The Balaban J connectivity index is 2.55. The molecule has 0 unspecified atom stereocenters. The molecule has 0 amide bonds. The predicted octanol–water partition coefficient (Wildman–Crippen LogP) is 2.35. The molecule has 0 atom stereocenters. The van der Waals surface area contributed by atoms with E-state index in [1.54, 1.807) is 6.20 Å². The van der Waals surface area contributed by atoms with Crippen molar-refractivity contribution in [1.29, 1.82) is 0 Å². The van der Waals surface area contributed by atoms with E-state index in [0.29, 0.717) is 5.15 Å². The third kappa shape index (κ3) is 3.95. The Morgan fingerprint density at radius 2 is 2.31 bits per heavy atom. The molecule has 0 bridgehead atoms. The molecule has 0 radical (unpaired) electrons. The molecule has 3 heteroatoms. The highest BCUT2D eigenvalue weighted by Gasteiger charge is 1.91. The molecule has 0 aliphatic rings. The first-order valence-electron chi connectivity index (χ1n) is 4.12. The maximum absolute atomic E-state index is 5.74. The molecular weight excluding hydrogens is 184 g/mol. The van der Waals surface area contributed by atoms with Crippen LogP contribution in [0, 0.1) is 0 Å². The van der Waals surface area contributed by atoms with Crippen molar-refractivity contribution in [2.45, 2.75) is 6.42 Å². The van der Waals surface area contributed by atoms with Crippen LogP contribution in [-0.4, -0.2) is 24.0 Å². The minimum Gasteiger partial charge on any atom is -0.384 e. The topological polar surface area (TPSA) is 16.1 Å². The van der Waals surface area contributed by atoms with Gasteiger partial charge in [0.15, 0.2) is 0 Å². The van der Waals surface area contributed by atoms with Gasteiger partial charge in [0.25, 0.3) is 0 Å². The quantitative estimate of drug-likeness (QED) is 0.690. The molecule has 0 N–H and O–H groups in total. The van der Waals surface area contributed by atoms with Crippen molar-refractivity contribution in [1.82, 2.24) is 9.88 Å². The zero-order valence-electron chi connectivity index (χ0n) is 7.87. The number of halogens is 1. The summed E-state index contributed by atoms with van der Waals surface area (Å²) in [6.07, 6.45) is 6.72. The molecule has 0 aliphatic heterocycles. The lowest BCUT2D eigenvalue weighted by atomic mass is 10.2. The van der Waals surface area contributed by atoms with Gasteiger partial charge in [-0.3, -0.25) is 0 Å². The molecule has 1 rings (SSSR count). The minimum absolute atomic E-state index is 0.552. The summed E-state index contributed by atoms with van der Waals surface area (Å²) in [5.74, 6) is 0. The van der Waals surface area contributed by atoms with Gasteiger partial charge in [0.1, 0.15) is 5.15 Å². The zero-order chi connectivity index (χ0) is 9.68. The van der Waals surface area contributed by atoms with E-state index in [-0.39, 0.29) is 0 Å². The number of rotatable bonds is 3. The summed E-state index contributed by atoms with van der Waals surface area (Å²) in [5, 5.41) is 0.552. The van der Waals surface area contributed by atoms with E-state index in [1.165, 1.54) is 5.56 Å². The Hall–Kier alpha value is -1.02. The SMILES string of the molecule is CN(C)/C=C/Cc1ccnc(Cl)c1. The van der Waals surface area contributed by atoms with Gasteiger partial charge >= 0.3 is 0 Å². The van der Waals surface area contributed by atoms with E-state index in [1.807, 2.05) is 37.3 Å². The standard InChI is InChI=1S/C10H13ClN2/c1-13(2)7-3-4-9-5-6-12-10(11)8-9/h3,5-8H,4H2,1-2H3/b7-3+. The van der Waals surface area contributed by atoms with Crippen molar-refractivity contribution in [2.75, 3.05) is 14.1 Å². The highest BCUT2D eigenvalue weighted by atomic mass is 35.5. The maximum atomic E-state index is 5.74. The number of aromatic nitrogens is 1. The fraction of sp³-hybridized carbons (Fsp3) is 0.300. The van der Waals surface area contributed by atoms with Crippen LogP contribution in [0.1, 0.15) is 5.56 Å². The Morgan fingerprint density at radius 1 is 1.54 bits per heavy atom. The zero-order valence-corrected chi connectivity index (χ0v) is 8.62. The second kappa shape index (κ2) is 4.87. The summed E-state index contributed by atoms with van der Waals surface area (Å²) in [5.41, 5.74) is 1.18. The molecule has 1 aromatic rings. The van der Waals surface area contributed by atoms with Gasteiger partial charge < -0.3 is 4.90 Å². The van der Waals surface area contributed by atoms with E-state index in [0.717, 1.165) is 6.42 Å². The first kappa shape index (κ1) is 10.1. The number of nitrogens with zero attached hydrogens (tertiary/aromatic N) is 2. The van der Waals surface area contributed by atoms with E-state index in [4.69, 9.17) is 11.6 Å². The molecule has 70 valence electrons. The largest absolute Gasteiger partial charge is 0.384 e. The lowest BCUT2D eigenvalue weighted by Gasteiger charge is -2.03. The summed E-state index contributed by atoms with van der Waals surface area (Å²) in [6.45, 7) is 0. The van der Waals surface area contributed by atoms with Crippen LogP contribution in [-0.2, 0) is 6.42 Å². The molecule has 0 aliphatic carbocycles. The molecule has 1 heterocycles. The van der Waals surface area contributed by atoms with Gasteiger partial charge in [0, 0.05) is 20.3 Å². The van der Waals surface area contributed by atoms with Crippen molar-refractivity contribution in [3.63, 3.8) is 0 Å². The Kier molecular flexibility index (Phi) is 3.77. The first-order valence-corrected chi connectivity index (χ1v) is 4.50. The van der Waals surface area contributed by atoms with Crippen molar-refractivity contribution in [3.05, 3.63) is 41.3 Å². The van der Waals surface area contributed by atoms with Crippen LogP contribution in [0.4, 0.5) is 0 Å². The third-order valence-corrected chi connectivity index (χ3v) is 1.75. The van der Waals surface area contributed by atoms with Crippen molar-refractivity contribution in [3.8, 4) is 0 Å². The molecule has 0 fully saturated rings. The monoisotopic (exact) mass is 196 g/mol. The fourth-order valence-corrected chi connectivity index (χ4v) is 1.17. The van der Waals surface area contributed by atoms with Crippen molar-refractivity contribution >= 4 is 11.6 Å². The predicted molar refractivity (Wildman–Crippen MR) is 55.8 cm³/mol. The van der Waals surface area contributed by atoms with Gasteiger partial charge in [-0.2, -0.15) is 0 Å². The van der Waals surface area contributed by atoms with Gasteiger partial charge in [-0.1, -0.05) is 17.7 Å². The van der Waals surface area contributed by atoms with Gasteiger partial charge in [0.2, 0.25) is 0 Å². The minimum atomic E-state index is 0.552. The Morgan fingerprint density at radius 3 is 2.92 bits per heavy atom. The second-order valence-electron chi connectivity index (χ2n) is 3.04. The molecule has 2 nitrogen and oxygen atoms in total. The lowest BCUT2D eigenvalue weighted by molar-refractivity contribution is 0.562. The Labute approximate surface area is 83.8 Å². The van der Waals surface area contributed by atoms with Crippen LogP contribution in [0.15, 0.2) is 30.6 Å². The van der Waals surface area contributed by atoms with Crippen LogP contribution in [0.3, 0.4) is 0 Å². The van der Waals surface area contributed by atoms with Crippen LogP contribution in [0.25, 0.3) is 0 Å². The van der Waals surface area contributed by atoms with E-state index in [2.05, 4.69) is 11.1 Å². The Bertz CT molecular complexity index is 295. The van der Waals surface area contributed by atoms with Crippen LogP contribution in [0.2, 0.25) is 5.15 Å². The van der Waals surface area contributed by atoms with E-state index >= 15 is 0 Å². The summed E-state index contributed by atoms with van der Waals surface area (Å²) < 4.78 is 0. The highest BCUT2D eigenvalue weighted by molar-refractivity contribution is 6.29. The molecule has 0 spiro atoms. The van der Waals surface area contributed by atoms with Gasteiger partial charge in [0.05, 0.1) is 0 Å². The molecule has 13 heavy (non-hydrogen) atoms. The lowest BCUT2D eigenvalue weighted by Crippen LogP contribution is -2.00. The average Bonchev–Trinajstić information content (AvgIpc) is 2.03. The number of pyridine rings is 1. The third-order valence-electron chi connectivity index (χ3n) is 1.55. The summed E-state index contributed by atoms with van der Waals surface area (Å²) in [4.78, 5) is 5.92. The van der Waals surface area contributed by atoms with Crippen LogP contribution in [0.5, 0.6) is 0 Å². The molecular formula is C10H13ClN2. The molecule has 0 aromatic carbocycles. The number of hydrogen-bond donors (Lipinski definition) is 0. The highest BCUT2D eigenvalue weighted by Crippen LogP contribution is 2.07. The van der Waals surface area contributed by atoms with Crippen LogP contribution >= 0.6 is 11.6 Å². The maximum Gasteiger partial charge on any atom is 0.129 e. The number of hydrogen-bond acceptors (Lipinski definition) is 2. The van der Waals surface area contributed by atoms with Crippen LogP contribution < -0.4 is 0 Å². The summed E-state index contributed by atoms with van der Waals surface area (Å²) in [7, 11) is 3.99. The van der Waals surface area contributed by atoms with E-state index in [9.17, 15) is 0 Å². The van der Waals surface area contributed by atoms with Crippen molar-refractivity contribution < 1.29 is 0 Å². The fourth-order valence-electron chi connectivity index (χ4n) is 0.969. The molecule has 0 saturated heterocycles. The first-order chi connectivity index (χ1) is 6.18. The second-order valence-corrected chi connectivity index (χ2v) is 3.43. The number of allylic oxidation sites excluding steroid dienone is 1. The van der Waals surface area contributed by atoms with Gasteiger partial charge in [-0.05, 0) is 30.3 Å². The van der Waals surface area contributed by atoms with Crippen molar-refractivity contribution in [2.24, 2.45) is 0 Å². The van der Waals surface area contributed by atoms with Gasteiger partial charge in [-0.15, -0.1) is 0 Å². The van der Waals surface area contributed by atoms with Gasteiger partial charge in [-0.25, -0.2) is 4.98 Å². The van der Waals surface area contributed by atoms with E-state index < -0.39 is 0 Å². The summed E-state index contributed by atoms with van der Waals surface area (Å²) in [6, 6.07) is 3.84. The normalized spacial score (nSPS) is 10.7. The molecule has 1 aromatic heterocycles. The average molecular weight is 197 g/mol.